The Morgan fingerprint density at radius 2 is 1.88 bits per heavy atom. The van der Waals surface area contributed by atoms with Crippen LogP contribution in [-0.2, 0) is 11.3 Å². The van der Waals surface area contributed by atoms with Gasteiger partial charge in [0, 0.05) is 56.0 Å². The van der Waals surface area contributed by atoms with E-state index in [1.54, 1.807) is 6.08 Å². The van der Waals surface area contributed by atoms with Gasteiger partial charge in [0.2, 0.25) is 5.75 Å². The summed E-state index contributed by atoms with van der Waals surface area (Å²) in [6.07, 6.45) is 8.50. The standard InChI is InChI=1S/C19H25N3O3/c23-17-8-7-14-5-6-15(18(24)19(14)25-20-17)13-21-9-11-22(12-10-21)16-3-1-2-4-16/h5-8,16,24H,1-4,9-13H2,(H,20,23). The number of nitrogens with one attached hydrogen (secondary N) is 1. The molecule has 2 N–H and O–H groups in total. The van der Waals surface area contributed by atoms with Crippen LogP contribution in [0.15, 0.2) is 18.2 Å². The van der Waals surface area contributed by atoms with Gasteiger partial charge in [0.15, 0.2) is 5.75 Å². The maximum atomic E-state index is 11.4. The van der Waals surface area contributed by atoms with Crippen molar-refractivity contribution in [3.05, 3.63) is 29.3 Å². The number of carbonyl (C=O) groups excluding carboxylic acids is 1. The molecule has 2 fully saturated rings. The van der Waals surface area contributed by atoms with Gasteiger partial charge in [-0.2, -0.15) is 5.48 Å². The average Bonchev–Trinajstić information content (AvgIpc) is 3.09. The first-order valence-corrected chi connectivity index (χ1v) is 9.17. The van der Waals surface area contributed by atoms with Crippen molar-refractivity contribution in [2.75, 3.05) is 26.2 Å². The van der Waals surface area contributed by atoms with Crippen LogP contribution in [0.4, 0.5) is 0 Å². The van der Waals surface area contributed by atoms with Crippen LogP contribution < -0.4 is 10.3 Å². The molecule has 1 amide bonds. The van der Waals surface area contributed by atoms with Gasteiger partial charge in [-0.3, -0.25) is 14.6 Å². The molecule has 2 aliphatic heterocycles. The molecular formula is C19H25N3O3. The summed E-state index contributed by atoms with van der Waals surface area (Å²) >= 11 is 0. The van der Waals surface area contributed by atoms with Crippen LogP contribution in [0.1, 0.15) is 36.8 Å². The summed E-state index contributed by atoms with van der Waals surface area (Å²) in [6, 6.07) is 4.59. The number of nitrogens with zero attached hydrogens (tertiary/aromatic N) is 2. The summed E-state index contributed by atoms with van der Waals surface area (Å²) in [7, 11) is 0. The predicted molar refractivity (Wildman–Crippen MR) is 95.0 cm³/mol. The number of hydrogen-bond donors (Lipinski definition) is 2. The van der Waals surface area contributed by atoms with E-state index >= 15 is 0 Å². The largest absolute Gasteiger partial charge is 0.504 e. The number of carbonyl (C=O) groups is 1. The molecule has 3 aliphatic rings. The summed E-state index contributed by atoms with van der Waals surface area (Å²) in [5.74, 6) is 0.104. The van der Waals surface area contributed by atoms with Crippen molar-refractivity contribution in [2.24, 2.45) is 0 Å². The Labute approximate surface area is 148 Å². The van der Waals surface area contributed by atoms with E-state index in [1.165, 1.54) is 31.8 Å². The van der Waals surface area contributed by atoms with E-state index in [2.05, 4.69) is 15.3 Å². The number of fused-ring (bicyclic) bond motifs is 1. The lowest BCUT2D eigenvalue weighted by Gasteiger charge is -2.38. The van der Waals surface area contributed by atoms with Crippen molar-refractivity contribution in [3.63, 3.8) is 0 Å². The first-order valence-electron chi connectivity index (χ1n) is 9.17. The number of hydroxylamine groups is 1. The van der Waals surface area contributed by atoms with E-state index in [-0.39, 0.29) is 11.7 Å². The molecule has 1 aromatic carbocycles. The molecule has 4 rings (SSSR count). The Kier molecular flexibility index (Phi) is 4.63. The van der Waals surface area contributed by atoms with Crippen LogP contribution >= 0.6 is 0 Å². The van der Waals surface area contributed by atoms with Crippen LogP contribution in [0.2, 0.25) is 0 Å². The third-order valence-electron chi connectivity index (χ3n) is 5.56. The highest BCUT2D eigenvalue weighted by Crippen LogP contribution is 2.36. The quantitative estimate of drug-likeness (QED) is 0.877. The molecule has 1 aromatic rings. The predicted octanol–water partition coefficient (Wildman–Crippen LogP) is 1.89. The Balaban J connectivity index is 1.40. The molecule has 1 saturated carbocycles. The minimum Gasteiger partial charge on any atom is -0.504 e. The van der Waals surface area contributed by atoms with E-state index < -0.39 is 0 Å². The second kappa shape index (κ2) is 7.06. The van der Waals surface area contributed by atoms with Gasteiger partial charge in [-0.25, -0.2) is 0 Å². The maximum absolute atomic E-state index is 11.4. The fourth-order valence-corrected chi connectivity index (χ4v) is 4.09. The molecule has 1 aliphatic carbocycles. The Bertz CT molecular complexity index is 675. The van der Waals surface area contributed by atoms with Crippen molar-refractivity contribution < 1.29 is 14.7 Å². The van der Waals surface area contributed by atoms with Gasteiger partial charge in [0.05, 0.1) is 0 Å². The SMILES string of the molecule is O=C1C=Cc2ccc(CN3CCN(C4CCCC4)CC3)c(O)c2ON1. The van der Waals surface area contributed by atoms with Crippen LogP contribution in [0, 0.1) is 0 Å². The van der Waals surface area contributed by atoms with E-state index in [1.807, 2.05) is 12.1 Å². The monoisotopic (exact) mass is 343 g/mol. The normalized spacial score (nSPS) is 22.3. The lowest BCUT2D eigenvalue weighted by Crippen LogP contribution is -2.49. The molecule has 0 atom stereocenters. The highest BCUT2D eigenvalue weighted by Gasteiger charge is 2.27. The van der Waals surface area contributed by atoms with Crippen molar-refractivity contribution in [3.8, 4) is 11.5 Å². The minimum atomic E-state index is -0.333. The van der Waals surface area contributed by atoms with Gasteiger partial charge in [-0.15, -0.1) is 0 Å². The zero-order chi connectivity index (χ0) is 17.2. The molecule has 6 heteroatoms. The number of piperazine rings is 1. The number of amides is 1. The zero-order valence-electron chi connectivity index (χ0n) is 14.4. The zero-order valence-corrected chi connectivity index (χ0v) is 14.4. The summed E-state index contributed by atoms with van der Waals surface area (Å²) in [5.41, 5.74) is 3.83. The Morgan fingerprint density at radius 1 is 1.12 bits per heavy atom. The van der Waals surface area contributed by atoms with E-state index in [0.29, 0.717) is 17.9 Å². The summed E-state index contributed by atoms with van der Waals surface area (Å²) in [5, 5.41) is 10.6. The van der Waals surface area contributed by atoms with Crippen molar-refractivity contribution >= 4 is 12.0 Å². The fraction of sp³-hybridized carbons (Fsp3) is 0.526. The first-order chi connectivity index (χ1) is 12.2. The summed E-state index contributed by atoms with van der Waals surface area (Å²) in [4.78, 5) is 21.7. The van der Waals surface area contributed by atoms with Gasteiger partial charge >= 0.3 is 0 Å². The first kappa shape index (κ1) is 16.4. The van der Waals surface area contributed by atoms with Gasteiger partial charge in [-0.1, -0.05) is 25.0 Å². The molecule has 2 heterocycles. The van der Waals surface area contributed by atoms with E-state index in [9.17, 15) is 9.90 Å². The summed E-state index contributed by atoms with van der Waals surface area (Å²) < 4.78 is 0. The molecule has 0 aromatic heterocycles. The highest BCUT2D eigenvalue weighted by molar-refractivity contribution is 5.92. The number of rotatable bonds is 3. The molecular weight excluding hydrogens is 318 g/mol. The highest BCUT2D eigenvalue weighted by atomic mass is 16.7. The van der Waals surface area contributed by atoms with E-state index in [0.717, 1.165) is 37.8 Å². The van der Waals surface area contributed by atoms with Gasteiger partial charge in [0.1, 0.15) is 0 Å². The van der Waals surface area contributed by atoms with Gasteiger partial charge < -0.3 is 9.94 Å². The molecule has 0 bridgehead atoms. The van der Waals surface area contributed by atoms with Crippen molar-refractivity contribution in [1.29, 1.82) is 0 Å². The molecule has 0 radical (unpaired) electrons. The van der Waals surface area contributed by atoms with Crippen molar-refractivity contribution in [2.45, 2.75) is 38.3 Å². The second-order valence-corrected chi connectivity index (χ2v) is 7.14. The molecule has 0 unspecified atom stereocenters. The Morgan fingerprint density at radius 3 is 2.64 bits per heavy atom. The molecule has 1 saturated heterocycles. The number of aromatic hydroxyl groups is 1. The minimum absolute atomic E-state index is 0.113. The van der Waals surface area contributed by atoms with Gasteiger partial charge in [0.25, 0.3) is 5.91 Å². The van der Waals surface area contributed by atoms with Crippen molar-refractivity contribution in [1.82, 2.24) is 15.3 Å². The molecule has 0 spiro atoms. The molecule has 134 valence electrons. The topological polar surface area (TPSA) is 65.0 Å². The second-order valence-electron chi connectivity index (χ2n) is 7.14. The number of hydrogen-bond acceptors (Lipinski definition) is 5. The molecule has 6 nitrogen and oxygen atoms in total. The summed E-state index contributed by atoms with van der Waals surface area (Å²) in [6.45, 7) is 4.94. The van der Waals surface area contributed by atoms with Crippen LogP contribution in [0.5, 0.6) is 11.5 Å². The third-order valence-corrected chi connectivity index (χ3v) is 5.56. The van der Waals surface area contributed by atoms with Gasteiger partial charge in [-0.05, 0) is 18.9 Å². The lowest BCUT2D eigenvalue weighted by atomic mass is 10.1. The van der Waals surface area contributed by atoms with E-state index in [4.69, 9.17) is 4.84 Å². The number of phenolic OH excluding ortho intramolecular Hbond substituents is 1. The molecule has 25 heavy (non-hydrogen) atoms. The fourth-order valence-electron chi connectivity index (χ4n) is 4.09. The van der Waals surface area contributed by atoms with Crippen LogP contribution in [-0.4, -0.2) is 53.0 Å². The maximum Gasteiger partial charge on any atom is 0.276 e. The number of phenols is 1. The Hall–Kier alpha value is -2.05. The number of benzene rings is 1. The third kappa shape index (κ3) is 3.50. The smallest absolute Gasteiger partial charge is 0.276 e. The van der Waals surface area contributed by atoms with Crippen LogP contribution in [0.3, 0.4) is 0 Å². The van der Waals surface area contributed by atoms with Crippen LogP contribution in [0.25, 0.3) is 6.08 Å². The lowest BCUT2D eigenvalue weighted by molar-refractivity contribution is -0.122. The average molecular weight is 343 g/mol.